The summed E-state index contributed by atoms with van der Waals surface area (Å²) in [6.45, 7) is 7.75. The number of rotatable bonds is 8. The first kappa shape index (κ1) is 24.9. The van der Waals surface area contributed by atoms with Crippen molar-refractivity contribution >= 4 is 23.6 Å². The number of nitrogens with zero attached hydrogens (tertiary/aromatic N) is 2. The van der Waals surface area contributed by atoms with Gasteiger partial charge in [0, 0.05) is 29.2 Å². The molecule has 2 unspecified atom stereocenters. The molecule has 2 aromatic rings. The Hall–Kier alpha value is -3.22. The van der Waals surface area contributed by atoms with Gasteiger partial charge >= 0.3 is 5.97 Å². The second kappa shape index (κ2) is 10.2. The molecule has 1 aliphatic carbocycles. The van der Waals surface area contributed by atoms with E-state index < -0.39 is 5.97 Å². The molecule has 1 saturated heterocycles. The average molecular weight is 479 g/mol. The van der Waals surface area contributed by atoms with Crippen LogP contribution in [-0.2, 0) is 19.1 Å². The molecule has 1 aliphatic heterocycles. The minimum atomic E-state index is -0.591. The van der Waals surface area contributed by atoms with Crippen molar-refractivity contribution in [1.29, 1.82) is 0 Å². The number of hydrogen-bond acceptors (Lipinski definition) is 5. The van der Waals surface area contributed by atoms with Gasteiger partial charge in [0.05, 0.1) is 18.3 Å². The molecule has 7 nitrogen and oxygen atoms in total. The van der Waals surface area contributed by atoms with E-state index in [0.29, 0.717) is 11.5 Å². The third kappa shape index (κ3) is 4.95. The van der Waals surface area contributed by atoms with E-state index in [1.165, 1.54) is 10.5 Å². The lowest BCUT2D eigenvalue weighted by Gasteiger charge is -2.19. The Morgan fingerprint density at radius 1 is 1.00 bits per heavy atom. The maximum Gasteiger partial charge on any atom is 0.308 e. The van der Waals surface area contributed by atoms with Crippen LogP contribution in [0.3, 0.4) is 0 Å². The molecule has 7 heteroatoms. The van der Waals surface area contributed by atoms with Gasteiger partial charge in [-0.25, -0.2) is 0 Å². The Morgan fingerprint density at radius 3 is 2.17 bits per heavy atom. The van der Waals surface area contributed by atoms with Crippen molar-refractivity contribution in [3.8, 4) is 5.69 Å². The number of hydrogen-bond donors (Lipinski definition) is 0. The third-order valence-corrected chi connectivity index (χ3v) is 7.39. The quantitative estimate of drug-likeness (QED) is 0.317. The van der Waals surface area contributed by atoms with Gasteiger partial charge in [0.25, 0.3) is 0 Å². The highest BCUT2D eigenvalue weighted by Crippen LogP contribution is 2.38. The van der Waals surface area contributed by atoms with E-state index in [1.54, 1.807) is 0 Å². The van der Waals surface area contributed by atoms with Gasteiger partial charge in [0.2, 0.25) is 17.6 Å². The largest absolute Gasteiger partial charge is 0.457 e. The number of esters is 1. The van der Waals surface area contributed by atoms with Crippen LogP contribution in [0.15, 0.2) is 30.3 Å². The molecule has 0 bridgehead atoms. The number of aromatic nitrogens is 1. The van der Waals surface area contributed by atoms with E-state index in [1.807, 2.05) is 36.6 Å². The number of carbonyl (C=O) groups is 4. The first-order valence-electron chi connectivity index (χ1n) is 12.5. The summed E-state index contributed by atoms with van der Waals surface area (Å²) in [5.74, 6) is -1.23. The van der Waals surface area contributed by atoms with Crippen LogP contribution in [0.2, 0.25) is 0 Å². The third-order valence-electron chi connectivity index (χ3n) is 7.39. The highest BCUT2D eigenvalue weighted by atomic mass is 16.5. The van der Waals surface area contributed by atoms with E-state index in [4.69, 9.17) is 4.74 Å². The SMILES string of the molecule is Cc1cc(C(=O)COC(=O)CCN2C(=O)C3CCCCC3C2=O)c(C)n1-c1ccc(C(C)C)cc1. The zero-order chi connectivity index (χ0) is 25.3. The van der Waals surface area contributed by atoms with Crippen molar-refractivity contribution in [2.45, 2.75) is 65.7 Å². The van der Waals surface area contributed by atoms with Crippen LogP contribution in [0.25, 0.3) is 5.69 Å². The summed E-state index contributed by atoms with van der Waals surface area (Å²) in [5, 5.41) is 0. The molecule has 0 radical (unpaired) electrons. The monoisotopic (exact) mass is 478 g/mol. The van der Waals surface area contributed by atoms with Crippen LogP contribution in [-0.4, -0.2) is 46.2 Å². The Kier molecular flexibility index (Phi) is 7.24. The molecule has 2 atom stereocenters. The Labute approximate surface area is 206 Å². The summed E-state index contributed by atoms with van der Waals surface area (Å²) < 4.78 is 7.23. The lowest BCUT2D eigenvalue weighted by molar-refractivity contribution is -0.145. The number of ether oxygens (including phenoxy) is 1. The van der Waals surface area contributed by atoms with Crippen molar-refractivity contribution in [2.24, 2.45) is 11.8 Å². The number of likely N-dealkylation sites (tertiary alicyclic amines) is 1. The summed E-state index contributed by atoms with van der Waals surface area (Å²) in [4.78, 5) is 51.4. The average Bonchev–Trinajstić information content (AvgIpc) is 3.28. The summed E-state index contributed by atoms with van der Waals surface area (Å²) in [6.07, 6.45) is 3.30. The van der Waals surface area contributed by atoms with Gasteiger partial charge in [-0.3, -0.25) is 24.1 Å². The van der Waals surface area contributed by atoms with Crippen molar-refractivity contribution in [1.82, 2.24) is 9.47 Å². The fourth-order valence-corrected chi connectivity index (χ4v) is 5.40. The number of Topliss-reactive ketones (excluding diaryl/α,β-unsaturated/α-hetero) is 1. The van der Waals surface area contributed by atoms with Crippen LogP contribution in [0, 0.1) is 25.7 Å². The van der Waals surface area contributed by atoms with Gasteiger partial charge in [-0.05, 0) is 56.4 Å². The van der Waals surface area contributed by atoms with Gasteiger partial charge in [-0.15, -0.1) is 0 Å². The van der Waals surface area contributed by atoms with Crippen LogP contribution in [0.1, 0.15) is 79.2 Å². The van der Waals surface area contributed by atoms with Gasteiger partial charge in [-0.2, -0.15) is 0 Å². The molecular weight excluding hydrogens is 444 g/mol. The molecule has 35 heavy (non-hydrogen) atoms. The minimum Gasteiger partial charge on any atom is -0.457 e. The fourth-order valence-electron chi connectivity index (χ4n) is 5.40. The predicted molar refractivity (Wildman–Crippen MR) is 131 cm³/mol. The molecule has 0 spiro atoms. The van der Waals surface area contributed by atoms with Gasteiger partial charge in [-0.1, -0.05) is 38.8 Å². The summed E-state index contributed by atoms with van der Waals surface area (Å²) >= 11 is 0. The molecule has 1 aromatic carbocycles. The van der Waals surface area contributed by atoms with Crippen LogP contribution < -0.4 is 0 Å². The fraction of sp³-hybridized carbons (Fsp3) is 0.500. The number of ketones is 1. The predicted octanol–water partition coefficient (Wildman–Crippen LogP) is 4.51. The smallest absolute Gasteiger partial charge is 0.308 e. The summed E-state index contributed by atoms with van der Waals surface area (Å²) in [7, 11) is 0. The first-order chi connectivity index (χ1) is 16.7. The molecule has 2 aliphatic rings. The van der Waals surface area contributed by atoms with Gasteiger partial charge in [0.1, 0.15) is 0 Å². The van der Waals surface area contributed by atoms with Crippen LogP contribution in [0.4, 0.5) is 0 Å². The normalized spacial score (nSPS) is 19.9. The van der Waals surface area contributed by atoms with E-state index in [0.717, 1.165) is 42.8 Å². The van der Waals surface area contributed by atoms with Gasteiger partial charge < -0.3 is 9.30 Å². The lowest BCUT2D eigenvalue weighted by atomic mass is 9.81. The first-order valence-corrected chi connectivity index (χ1v) is 12.5. The highest BCUT2D eigenvalue weighted by Gasteiger charge is 2.47. The van der Waals surface area contributed by atoms with Gasteiger partial charge in [0.15, 0.2) is 6.61 Å². The van der Waals surface area contributed by atoms with Crippen LogP contribution in [0.5, 0.6) is 0 Å². The lowest BCUT2D eigenvalue weighted by Crippen LogP contribution is -2.33. The molecule has 2 amide bonds. The molecule has 0 N–H and O–H groups in total. The van der Waals surface area contributed by atoms with Crippen molar-refractivity contribution in [3.05, 3.63) is 52.8 Å². The molecule has 1 saturated carbocycles. The molecule has 4 rings (SSSR count). The van der Waals surface area contributed by atoms with E-state index in [9.17, 15) is 19.2 Å². The number of carbonyl (C=O) groups excluding carboxylic acids is 4. The van der Waals surface area contributed by atoms with Crippen molar-refractivity contribution in [2.75, 3.05) is 13.2 Å². The Balaban J connectivity index is 1.34. The zero-order valence-electron chi connectivity index (χ0n) is 21.0. The summed E-state index contributed by atoms with van der Waals surface area (Å²) in [6, 6.07) is 10.1. The zero-order valence-corrected chi connectivity index (χ0v) is 21.0. The maximum atomic E-state index is 12.8. The highest BCUT2D eigenvalue weighted by molar-refractivity contribution is 6.05. The van der Waals surface area contributed by atoms with Crippen molar-refractivity contribution in [3.63, 3.8) is 0 Å². The second-order valence-electron chi connectivity index (χ2n) is 10.0. The van der Waals surface area contributed by atoms with E-state index >= 15 is 0 Å². The topological polar surface area (TPSA) is 85.7 Å². The maximum absolute atomic E-state index is 12.8. The minimum absolute atomic E-state index is 0.0125. The van der Waals surface area contributed by atoms with Crippen LogP contribution >= 0.6 is 0 Å². The number of amides is 2. The molecule has 2 fully saturated rings. The van der Waals surface area contributed by atoms with E-state index in [2.05, 4.69) is 26.0 Å². The number of imide groups is 1. The summed E-state index contributed by atoms with van der Waals surface area (Å²) in [5.41, 5.74) is 4.44. The molecule has 186 valence electrons. The molecular formula is C28H34N2O5. The number of aryl methyl sites for hydroxylation is 1. The number of benzene rings is 1. The second-order valence-corrected chi connectivity index (χ2v) is 10.0. The van der Waals surface area contributed by atoms with E-state index in [-0.39, 0.29) is 49.0 Å². The Bertz CT molecular complexity index is 1120. The standard InChI is InChI=1S/C28H34N2O5/c1-17(2)20-9-11-21(12-10-20)30-18(3)15-24(19(30)4)25(31)16-35-26(32)13-14-29-27(33)22-7-5-6-8-23(22)28(29)34/h9-12,15,17,22-23H,5-8,13-14,16H2,1-4H3. The molecule has 1 aromatic heterocycles. The molecule has 2 heterocycles. The van der Waals surface area contributed by atoms with Crippen molar-refractivity contribution < 1.29 is 23.9 Å². The Morgan fingerprint density at radius 2 is 1.60 bits per heavy atom. The number of fused-ring (bicyclic) bond motifs is 1.